The highest BCUT2D eigenvalue weighted by atomic mass is 16.5. The van der Waals surface area contributed by atoms with Gasteiger partial charge in [-0.2, -0.15) is 0 Å². The number of aromatic amines is 1. The summed E-state index contributed by atoms with van der Waals surface area (Å²) in [6, 6.07) is 15.9. The van der Waals surface area contributed by atoms with E-state index in [9.17, 15) is 4.79 Å². The lowest BCUT2D eigenvalue weighted by Gasteiger charge is -2.10. The molecule has 0 fully saturated rings. The van der Waals surface area contributed by atoms with E-state index in [4.69, 9.17) is 10.5 Å². The van der Waals surface area contributed by atoms with Gasteiger partial charge in [-0.3, -0.25) is 4.57 Å². The first-order valence-electron chi connectivity index (χ1n) is 10.6. The Labute approximate surface area is 180 Å². The molecule has 0 unspecified atom stereocenters. The Kier molecular flexibility index (Phi) is 6.02. The second-order valence-corrected chi connectivity index (χ2v) is 7.72. The molecule has 7 heteroatoms. The van der Waals surface area contributed by atoms with Gasteiger partial charge in [0.2, 0.25) is 0 Å². The van der Waals surface area contributed by atoms with E-state index in [2.05, 4.69) is 34.0 Å². The number of nitrogen functional groups attached to an aromatic ring is 1. The van der Waals surface area contributed by atoms with Gasteiger partial charge < -0.3 is 15.5 Å². The summed E-state index contributed by atoms with van der Waals surface area (Å²) in [6.45, 7) is 4.31. The molecule has 7 nitrogen and oxygen atoms in total. The van der Waals surface area contributed by atoms with Crippen LogP contribution in [-0.2, 0) is 13.0 Å². The SMILES string of the molecule is CCCCCc1cccc(Oc2cccc(Cn3c(=O)[nH]c4c(N)nc(C)nc43)c2)c1. The predicted octanol–water partition coefficient (Wildman–Crippen LogP) is 4.58. The van der Waals surface area contributed by atoms with E-state index in [1.807, 2.05) is 36.4 Å². The van der Waals surface area contributed by atoms with Gasteiger partial charge in [0.25, 0.3) is 0 Å². The van der Waals surface area contributed by atoms with Crippen LogP contribution in [0.15, 0.2) is 53.3 Å². The van der Waals surface area contributed by atoms with Crippen molar-refractivity contribution < 1.29 is 4.74 Å². The van der Waals surface area contributed by atoms with Crippen molar-refractivity contribution in [2.75, 3.05) is 5.73 Å². The fraction of sp³-hybridized carbons (Fsp3) is 0.292. The van der Waals surface area contributed by atoms with E-state index >= 15 is 0 Å². The predicted molar refractivity (Wildman–Crippen MR) is 123 cm³/mol. The van der Waals surface area contributed by atoms with Crippen LogP contribution in [0.3, 0.4) is 0 Å². The van der Waals surface area contributed by atoms with Crippen molar-refractivity contribution in [1.82, 2.24) is 19.5 Å². The molecule has 0 atom stereocenters. The average Bonchev–Trinajstić information content (AvgIpc) is 3.05. The largest absolute Gasteiger partial charge is 0.457 e. The number of aryl methyl sites for hydroxylation is 2. The summed E-state index contributed by atoms with van der Waals surface area (Å²) in [4.78, 5) is 23.7. The number of imidazole rings is 1. The smallest absolute Gasteiger partial charge is 0.328 e. The van der Waals surface area contributed by atoms with E-state index < -0.39 is 0 Å². The fourth-order valence-corrected chi connectivity index (χ4v) is 3.68. The number of rotatable bonds is 8. The van der Waals surface area contributed by atoms with Gasteiger partial charge in [-0.1, -0.05) is 44.0 Å². The first-order valence-corrected chi connectivity index (χ1v) is 10.6. The van der Waals surface area contributed by atoms with Gasteiger partial charge in [-0.05, 0) is 55.2 Å². The van der Waals surface area contributed by atoms with E-state index in [1.165, 1.54) is 24.8 Å². The molecule has 0 amide bonds. The maximum Gasteiger partial charge on any atom is 0.328 e. The summed E-state index contributed by atoms with van der Waals surface area (Å²) >= 11 is 0. The highest BCUT2D eigenvalue weighted by Crippen LogP contribution is 2.24. The Morgan fingerprint density at radius 2 is 1.74 bits per heavy atom. The molecule has 31 heavy (non-hydrogen) atoms. The van der Waals surface area contributed by atoms with Crippen LogP contribution in [-0.4, -0.2) is 19.5 Å². The molecule has 3 N–H and O–H groups in total. The molecule has 0 spiro atoms. The topological polar surface area (TPSA) is 98.8 Å². The van der Waals surface area contributed by atoms with Crippen molar-refractivity contribution in [2.24, 2.45) is 0 Å². The van der Waals surface area contributed by atoms with Crippen LogP contribution in [0.25, 0.3) is 11.2 Å². The minimum atomic E-state index is -0.271. The van der Waals surface area contributed by atoms with Crippen LogP contribution in [0.1, 0.15) is 43.1 Å². The van der Waals surface area contributed by atoms with Gasteiger partial charge in [-0.25, -0.2) is 14.8 Å². The zero-order chi connectivity index (χ0) is 21.8. The van der Waals surface area contributed by atoms with E-state index in [1.54, 1.807) is 11.5 Å². The quantitative estimate of drug-likeness (QED) is 0.409. The first kappa shape index (κ1) is 20.7. The molecule has 4 aromatic rings. The molecule has 0 aliphatic rings. The number of H-pyrrole nitrogens is 1. The molecule has 0 aliphatic heterocycles. The number of hydrogen-bond acceptors (Lipinski definition) is 5. The standard InChI is InChI=1S/C24H27N5O2/c1-3-4-5-8-17-9-6-11-19(13-17)31-20-12-7-10-18(14-20)15-29-23-21(28-24(29)30)22(25)26-16(2)27-23/h6-7,9-14H,3-5,8,15H2,1-2H3,(H,28,30)(H2,25,26,27). The summed E-state index contributed by atoms with van der Waals surface area (Å²) in [6.07, 6.45) is 4.68. The second kappa shape index (κ2) is 9.04. The van der Waals surface area contributed by atoms with Gasteiger partial charge in [0.05, 0.1) is 6.54 Å². The molecule has 0 saturated carbocycles. The molecule has 4 rings (SSSR count). The Hall–Kier alpha value is -3.61. The van der Waals surface area contributed by atoms with Crippen molar-refractivity contribution in [2.45, 2.75) is 46.1 Å². The molecule has 160 valence electrons. The zero-order valence-electron chi connectivity index (χ0n) is 17.9. The summed E-state index contributed by atoms with van der Waals surface area (Å²) in [7, 11) is 0. The monoisotopic (exact) mass is 417 g/mol. The van der Waals surface area contributed by atoms with E-state index in [0.29, 0.717) is 23.5 Å². The van der Waals surface area contributed by atoms with Crippen LogP contribution in [0.4, 0.5) is 5.82 Å². The van der Waals surface area contributed by atoms with Crippen molar-refractivity contribution in [3.05, 3.63) is 76.0 Å². The van der Waals surface area contributed by atoms with Crippen LogP contribution in [0.2, 0.25) is 0 Å². The highest BCUT2D eigenvalue weighted by Gasteiger charge is 2.13. The molecule has 2 aromatic heterocycles. The van der Waals surface area contributed by atoms with E-state index in [-0.39, 0.29) is 11.5 Å². The summed E-state index contributed by atoms with van der Waals surface area (Å²) in [5.74, 6) is 2.33. The van der Waals surface area contributed by atoms with Gasteiger partial charge in [-0.15, -0.1) is 0 Å². The van der Waals surface area contributed by atoms with Crippen molar-refractivity contribution in [1.29, 1.82) is 0 Å². The van der Waals surface area contributed by atoms with Crippen LogP contribution in [0.5, 0.6) is 11.5 Å². The second-order valence-electron chi connectivity index (χ2n) is 7.72. The lowest BCUT2D eigenvalue weighted by atomic mass is 10.1. The number of nitrogens with one attached hydrogen (secondary N) is 1. The van der Waals surface area contributed by atoms with Gasteiger partial charge in [0.1, 0.15) is 22.8 Å². The summed E-state index contributed by atoms with van der Waals surface area (Å²) in [5, 5.41) is 0. The van der Waals surface area contributed by atoms with Gasteiger partial charge in [0.15, 0.2) is 11.5 Å². The third-order valence-electron chi connectivity index (χ3n) is 5.20. The summed E-state index contributed by atoms with van der Waals surface area (Å²) < 4.78 is 7.66. The van der Waals surface area contributed by atoms with Crippen molar-refractivity contribution in [3.8, 4) is 11.5 Å². The lowest BCUT2D eigenvalue weighted by molar-refractivity contribution is 0.481. The molecule has 2 aromatic carbocycles. The van der Waals surface area contributed by atoms with Crippen LogP contribution in [0, 0.1) is 6.92 Å². The molecule has 0 radical (unpaired) electrons. The number of benzene rings is 2. The highest BCUT2D eigenvalue weighted by molar-refractivity contribution is 5.81. The maximum atomic E-state index is 12.5. The van der Waals surface area contributed by atoms with Crippen molar-refractivity contribution >= 4 is 17.0 Å². The number of ether oxygens (including phenoxy) is 1. The normalized spacial score (nSPS) is 11.2. The number of nitrogens with two attached hydrogens (primary N) is 1. The third kappa shape index (κ3) is 4.77. The van der Waals surface area contributed by atoms with Gasteiger partial charge >= 0.3 is 5.69 Å². The zero-order valence-corrected chi connectivity index (χ0v) is 17.9. The lowest BCUT2D eigenvalue weighted by Crippen LogP contribution is -2.17. The minimum Gasteiger partial charge on any atom is -0.457 e. The Morgan fingerprint density at radius 1 is 1.03 bits per heavy atom. The van der Waals surface area contributed by atoms with E-state index in [0.717, 1.165) is 23.5 Å². The van der Waals surface area contributed by atoms with Crippen molar-refractivity contribution in [3.63, 3.8) is 0 Å². The number of aromatic nitrogens is 4. The molecule has 2 heterocycles. The molecular weight excluding hydrogens is 390 g/mol. The van der Waals surface area contributed by atoms with Gasteiger partial charge in [0, 0.05) is 0 Å². The first-order chi connectivity index (χ1) is 15.0. The number of hydrogen-bond donors (Lipinski definition) is 2. The Bertz CT molecular complexity index is 1260. The molecule has 0 aliphatic carbocycles. The third-order valence-corrected chi connectivity index (χ3v) is 5.20. The minimum absolute atomic E-state index is 0.271. The number of nitrogens with zero attached hydrogens (tertiary/aromatic N) is 3. The molecule has 0 saturated heterocycles. The number of anilines is 1. The molecular formula is C24H27N5O2. The van der Waals surface area contributed by atoms with Crippen LogP contribution >= 0.6 is 0 Å². The summed E-state index contributed by atoms with van der Waals surface area (Å²) in [5.41, 5.74) is 8.83. The van der Waals surface area contributed by atoms with Crippen LogP contribution < -0.4 is 16.2 Å². The maximum absolute atomic E-state index is 12.5. The Morgan fingerprint density at radius 3 is 2.48 bits per heavy atom. The molecule has 0 bridgehead atoms. The average molecular weight is 418 g/mol. The Balaban J connectivity index is 1.55. The number of fused-ring (bicyclic) bond motifs is 1. The fourth-order valence-electron chi connectivity index (χ4n) is 3.68. The number of unbranched alkanes of at least 4 members (excludes halogenated alkanes) is 2.